The molecule has 2 nitrogen and oxygen atoms in total. The van der Waals surface area contributed by atoms with Crippen molar-refractivity contribution >= 4 is 29.2 Å². The minimum absolute atomic E-state index is 0.0439. The van der Waals surface area contributed by atoms with Gasteiger partial charge in [-0.15, -0.1) is 0 Å². The predicted octanol–water partition coefficient (Wildman–Crippen LogP) is 5.15. The highest BCUT2D eigenvalue weighted by Gasteiger charge is 2.45. The number of carbonyl (C=O) groups excluding carboxylic acids is 2. The average molecular weight is 339 g/mol. The lowest BCUT2D eigenvalue weighted by atomic mass is 9.66. The molecule has 0 aliphatic heterocycles. The molecular weight excluding hydrogens is 320 g/mol. The first-order valence-corrected chi connectivity index (χ1v) is 8.46. The van der Waals surface area contributed by atoms with Crippen LogP contribution in [0.5, 0.6) is 0 Å². The zero-order valence-electron chi connectivity index (χ0n) is 13.6. The van der Waals surface area contributed by atoms with Gasteiger partial charge in [-0.05, 0) is 49.4 Å². The van der Waals surface area contributed by atoms with Gasteiger partial charge in [0.2, 0.25) is 0 Å². The van der Waals surface area contributed by atoms with E-state index >= 15 is 0 Å². The molecule has 2 aromatic carbocycles. The van der Waals surface area contributed by atoms with E-state index in [1.54, 1.807) is 0 Å². The Morgan fingerprint density at radius 2 is 1.88 bits per heavy atom. The van der Waals surface area contributed by atoms with Crippen LogP contribution < -0.4 is 0 Å². The fourth-order valence-corrected chi connectivity index (χ4v) is 3.45. The van der Waals surface area contributed by atoms with Crippen molar-refractivity contribution < 1.29 is 9.59 Å². The highest BCUT2D eigenvalue weighted by atomic mass is 35.5. The van der Waals surface area contributed by atoms with Crippen LogP contribution in [0.15, 0.2) is 54.6 Å². The SMILES string of the molecule is CC(=O)C1(C/C=C/c2ccc(Cl)cc2)CCc2ccccc2C1=O. The Morgan fingerprint density at radius 3 is 2.58 bits per heavy atom. The van der Waals surface area contributed by atoms with Crippen molar-refractivity contribution in [2.75, 3.05) is 0 Å². The Morgan fingerprint density at radius 1 is 1.17 bits per heavy atom. The normalized spacial score (nSPS) is 20.2. The number of hydrogen-bond acceptors (Lipinski definition) is 2. The molecule has 0 saturated heterocycles. The second-order valence-corrected chi connectivity index (χ2v) is 6.72. The summed E-state index contributed by atoms with van der Waals surface area (Å²) in [4.78, 5) is 25.4. The number of allylic oxidation sites excluding steroid dienone is 1. The van der Waals surface area contributed by atoms with Crippen LogP contribution in [0.1, 0.15) is 41.3 Å². The summed E-state index contributed by atoms with van der Waals surface area (Å²) in [5.41, 5.74) is 1.80. The van der Waals surface area contributed by atoms with Gasteiger partial charge in [-0.25, -0.2) is 0 Å². The molecule has 24 heavy (non-hydrogen) atoms. The van der Waals surface area contributed by atoms with Crippen molar-refractivity contribution in [3.8, 4) is 0 Å². The van der Waals surface area contributed by atoms with Gasteiger partial charge in [0.25, 0.3) is 0 Å². The Hall–Kier alpha value is -2.19. The number of fused-ring (bicyclic) bond motifs is 1. The summed E-state index contributed by atoms with van der Waals surface area (Å²) in [6.07, 6.45) is 5.63. The average Bonchev–Trinajstić information content (AvgIpc) is 2.59. The highest BCUT2D eigenvalue weighted by Crippen LogP contribution is 2.39. The molecular formula is C21H19ClO2. The molecule has 3 heteroatoms. The number of rotatable bonds is 4. The molecule has 1 atom stereocenters. The lowest BCUT2D eigenvalue weighted by molar-refractivity contribution is -0.124. The topological polar surface area (TPSA) is 34.1 Å². The molecule has 0 amide bonds. The van der Waals surface area contributed by atoms with Crippen molar-refractivity contribution in [2.45, 2.75) is 26.2 Å². The first kappa shape index (κ1) is 16.7. The molecule has 0 bridgehead atoms. The summed E-state index contributed by atoms with van der Waals surface area (Å²) in [6.45, 7) is 1.53. The zero-order chi connectivity index (χ0) is 17.2. The van der Waals surface area contributed by atoms with E-state index in [9.17, 15) is 9.59 Å². The van der Waals surface area contributed by atoms with E-state index in [1.807, 2.05) is 60.7 Å². The summed E-state index contributed by atoms with van der Waals surface area (Å²) in [5.74, 6) is -0.0969. The third-order valence-corrected chi connectivity index (χ3v) is 5.09. The molecule has 0 saturated carbocycles. The quantitative estimate of drug-likeness (QED) is 0.722. The molecule has 122 valence electrons. The van der Waals surface area contributed by atoms with E-state index in [2.05, 4.69) is 0 Å². The molecule has 0 fully saturated rings. The third kappa shape index (κ3) is 3.07. The number of Topliss-reactive ketones (excluding diaryl/α,β-unsaturated/α-hetero) is 2. The minimum Gasteiger partial charge on any atom is -0.299 e. The van der Waals surface area contributed by atoms with E-state index in [1.165, 1.54) is 6.92 Å². The number of aryl methyl sites for hydroxylation is 1. The van der Waals surface area contributed by atoms with Gasteiger partial charge in [0, 0.05) is 10.6 Å². The Bertz CT molecular complexity index is 805. The lowest BCUT2D eigenvalue weighted by Crippen LogP contribution is -2.41. The second kappa shape index (κ2) is 6.74. The van der Waals surface area contributed by atoms with Gasteiger partial charge in [0.15, 0.2) is 5.78 Å². The monoisotopic (exact) mass is 338 g/mol. The van der Waals surface area contributed by atoms with E-state index in [0.717, 1.165) is 17.5 Å². The van der Waals surface area contributed by atoms with Gasteiger partial charge in [-0.1, -0.05) is 60.2 Å². The van der Waals surface area contributed by atoms with Crippen LogP contribution in [0.2, 0.25) is 5.02 Å². The largest absolute Gasteiger partial charge is 0.299 e. The molecule has 1 unspecified atom stereocenters. The van der Waals surface area contributed by atoms with E-state index < -0.39 is 5.41 Å². The molecule has 0 spiro atoms. The van der Waals surface area contributed by atoms with Crippen LogP contribution in [-0.2, 0) is 11.2 Å². The van der Waals surface area contributed by atoms with Gasteiger partial charge < -0.3 is 0 Å². The summed E-state index contributed by atoms with van der Waals surface area (Å²) in [7, 11) is 0. The molecule has 1 aliphatic carbocycles. The molecule has 0 heterocycles. The van der Waals surface area contributed by atoms with Crippen LogP contribution in [0, 0.1) is 5.41 Å². The Labute approximate surface area is 147 Å². The van der Waals surface area contributed by atoms with Crippen LogP contribution >= 0.6 is 11.6 Å². The maximum atomic E-state index is 13.0. The number of ketones is 2. The Balaban J connectivity index is 1.86. The van der Waals surface area contributed by atoms with E-state index in [-0.39, 0.29) is 11.6 Å². The van der Waals surface area contributed by atoms with Crippen LogP contribution in [-0.4, -0.2) is 11.6 Å². The lowest BCUT2D eigenvalue weighted by Gasteiger charge is -2.33. The highest BCUT2D eigenvalue weighted by molar-refractivity contribution is 6.30. The molecule has 1 aliphatic rings. The molecule has 0 radical (unpaired) electrons. The van der Waals surface area contributed by atoms with Gasteiger partial charge in [-0.2, -0.15) is 0 Å². The fraction of sp³-hybridized carbons (Fsp3) is 0.238. The second-order valence-electron chi connectivity index (χ2n) is 6.28. The summed E-state index contributed by atoms with van der Waals surface area (Å²) < 4.78 is 0. The van der Waals surface area contributed by atoms with Gasteiger partial charge in [-0.3, -0.25) is 9.59 Å². The van der Waals surface area contributed by atoms with Crippen molar-refractivity contribution in [1.82, 2.24) is 0 Å². The van der Waals surface area contributed by atoms with Gasteiger partial charge in [0.1, 0.15) is 5.78 Å². The minimum atomic E-state index is -0.933. The standard InChI is InChI=1S/C21H19ClO2/c1-15(23)21(13-4-5-16-8-10-18(22)11-9-16)14-12-17-6-2-3-7-19(17)20(21)24/h2-11H,12-14H2,1H3/b5-4+. The van der Waals surface area contributed by atoms with Crippen molar-refractivity contribution in [1.29, 1.82) is 0 Å². The summed E-state index contributed by atoms with van der Waals surface area (Å²) in [6, 6.07) is 15.1. The summed E-state index contributed by atoms with van der Waals surface area (Å²) >= 11 is 5.88. The van der Waals surface area contributed by atoms with Crippen molar-refractivity contribution in [3.05, 3.63) is 76.3 Å². The first-order chi connectivity index (χ1) is 11.5. The maximum absolute atomic E-state index is 13.0. The van der Waals surface area contributed by atoms with Crippen LogP contribution in [0.4, 0.5) is 0 Å². The van der Waals surface area contributed by atoms with E-state index in [4.69, 9.17) is 11.6 Å². The first-order valence-electron chi connectivity index (χ1n) is 8.09. The summed E-state index contributed by atoms with van der Waals surface area (Å²) in [5, 5.41) is 0.687. The number of hydrogen-bond donors (Lipinski definition) is 0. The third-order valence-electron chi connectivity index (χ3n) is 4.84. The fourth-order valence-electron chi connectivity index (χ4n) is 3.32. The van der Waals surface area contributed by atoms with Gasteiger partial charge in [0.05, 0.1) is 5.41 Å². The molecule has 3 rings (SSSR count). The number of carbonyl (C=O) groups is 2. The predicted molar refractivity (Wildman–Crippen MR) is 97.3 cm³/mol. The van der Waals surface area contributed by atoms with Crippen molar-refractivity contribution in [2.24, 2.45) is 5.41 Å². The van der Waals surface area contributed by atoms with Crippen molar-refractivity contribution in [3.63, 3.8) is 0 Å². The van der Waals surface area contributed by atoms with Crippen LogP contribution in [0.25, 0.3) is 6.08 Å². The molecule has 0 N–H and O–H groups in total. The van der Waals surface area contributed by atoms with E-state index in [0.29, 0.717) is 23.4 Å². The van der Waals surface area contributed by atoms with Gasteiger partial charge >= 0.3 is 0 Å². The molecule has 0 aromatic heterocycles. The molecule has 2 aromatic rings. The maximum Gasteiger partial charge on any atom is 0.176 e. The Kier molecular flexibility index (Phi) is 4.68. The number of benzene rings is 2. The smallest absolute Gasteiger partial charge is 0.176 e. The zero-order valence-corrected chi connectivity index (χ0v) is 14.3. The van der Waals surface area contributed by atoms with Crippen LogP contribution in [0.3, 0.4) is 0 Å². The number of halogens is 1.